The Morgan fingerprint density at radius 1 is 0.575 bits per heavy atom. The summed E-state index contributed by atoms with van der Waals surface area (Å²) in [4.78, 5) is 0. The van der Waals surface area contributed by atoms with Crippen LogP contribution >= 0.6 is 0 Å². The smallest absolute Gasteiger partial charge is 0.157 e. The molecule has 0 bridgehead atoms. The third-order valence-corrected chi connectivity index (χ3v) is 6.13. The summed E-state index contributed by atoms with van der Waals surface area (Å²) in [6.45, 7) is 1.83. The number of hydrogen-bond acceptors (Lipinski definition) is 6. The van der Waals surface area contributed by atoms with E-state index in [1.807, 2.05) is 121 Å². The highest BCUT2D eigenvalue weighted by Gasteiger charge is 2.29. The Morgan fingerprint density at radius 3 is 1.43 bits per heavy atom. The summed E-state index contributed by atoms with van der Waals surface area (Å²) >= 11 is 0. The van der Waals surface area contributed by atoms with Crippen molar-refractivity contribution < 1.29 is 29.5 Å². The quantitative estimate of drug-likeness (QED) is 0.253. The molecule has 3 unspecified atom stereocenters. The molecule has 0 radical (unpaired) electrons. The van der Waals surface area contributed by atoms with Crippen LogP contribution in [0.25, 0.3) is 0 Å². The number of benzene rings is 4. The number of aliphatic hydroxyl groups is 3. The van der Waals surface area contributed by atoms with Crippen LogP contribution < -0.4 is 0 Å². The average Bonchev–Trinajstić information content (AvgIpc) is 3.02. The number of rotatable bonds is 9. The highest BCUT2D eigenvalue weighted by molar-refractivity contribution is 5.15. The van der Waals surface area contributed by atoms with Gasteiger partial charge in [0, 0.05) is 12.8 Å². The molecule has 1 aliphatic heterocycles. The van der Waals surface area contributed by atoms with Crippen LogP contribution in [-0.2, 0) is 40.6 Å². The second-order valence-corrected chi connectivity index (χ2v) is 9.39. The molecular weight excluding hydrogens is 504 g/mol. The maximum atomic E-state index is 9.91. The van der Waals surface area contributed by atoms with Gasteiger partial charge in [0.1, 0.15) is 0 Å². The number of ether oxygens (including phenoxy) is 3. The van der Waals surface area contributed by atoms with Gasteiger partial charge in [-0.15, -0.1) is 0 Å². The van der Waals surface area contributed by atoms with Gasteiger partial charge in [0.15, 0.2) is 6.29 Å². The molecule has 5 rings (SSSR count). The molecule has 0 spiro atoms. The number of hydrogen-bond donors (Lipinski definition) is 3. The topological polar surface area (TPSA) is 88.4 Å². The van der Waals surface area contributed by atoms with Crippen molar-refractivity contribution in [3.05, 3.63) is 144 Å². The summed E-state index contributed by atoms with van der Waals surface area (Å²) in [6, 6.07) is 39.1. The summed E-state index contributed by atoms with van der Waals surface area (Å²) in [7, 11) is 0. The van der Waals surface area contributed by atoms with Crippen LogP contribution in [0.15, 0.2) is 121 Å². The Bertz CT molecular complexity index is 1100. The van der Waals surface area contributed by atoms with Crippen LogP contribution in [0.5, 0.6) is 0 Å². The zero-order chi connectivity index (χ0) is 28.3. The van der Waals surface area contributed by atoms with Crippen molar-refractivity contribution in [1.82, 2.24) is 0 Å². The molecule has 1 heterocycles. The molecule has 212 valence electrons. The maximum absolute atomic E-state index is 9.91. The van der Waals surface area contributed by atoms with Crippen molar-refractivity contribution in [3.8, 4) is 0 Å². The molecule has 3 N–H and O–H groups in total. The lowest BCUT2D eigenvalue weighted by atomic mass is 10.1. The normalized spacial score (nSPS) is 18.0. The molecule has 6 heteroatoms. The van der Waals surface area contributed by atoms with Crippen molar-refractivity contribution in [1.29, 1.82) is 0 Å². The minimum atomic E-state index is -0.787. The van der Waals surface area contributed by atoms with Gasteiger partial charge >= 0.3 is 0 Å². The van der Waals surface area contributed by atoms with E-state index < -0.39 is 6.29 Å². The molecular formula is C34H40O6. The summed E-state index contributed by atoms with van der Waals surface area (Å²) in [5.41, 5.74) is 4.20. The minimum absolute atomic E-state index is 0.0146. The van der Waals surface area contributed by atoms with E-state index in [-0.39, 0.29) is 25.4 Å². The van der Waals surface area contributed by atoms with Crippen LogP contribution in [0.1, 0.15) is 35.1 Å². The van der Waals surface area contributed by atoms with E-state index in [1.54, 1.807) is 0 Å². The Balaban J connectivity index is 0.000000223. The van der Waals surface area contributed by atoms with Gasteiger partial charge in [-0.2, -0.15) is 0 Å². The van der Waals surface area contributed by atoms with Crippen molar-refractivity contribution in [2.24, 2.45) is 0 Å². The first kappa shape index (κ1) is 31.2. The molecule has 3 atom stereocenters. The van der Waals surface area contributed by atoms with Crippen molar-refractivity contribution in [2.75, 3.05) is 6.61 Å². The molecule has 1 saturated heterocycles. The molecule has 4 aromatic rings. The Labute approximate surface area is 237 Å². The largest absolute Gasteiger partial charge is 0.392 e. The predicted molar refractivity (Wildman–Crippen MR) is 156 cm³/mol. The summed E-state index contributed by atoms with van der Waals surface area (Å²) in [5.74, 6) is 0. The third kappa shape index (κ3) is 12.7. The summed E-state index contributed by atoms with van der Waals surface area (Å²) in [5, 5.41) is 27.0. The van der Waals surface area contributed by atoms with Crippen molar-refractivity contribution in [2.45, 2.75) is 57.8 Å². The van der Waals surface area contributed by atoms with Gasteiger partial charge in [-0.3, -0.25) is 0 Å². The fourth-order valence-electron chi connectivity index (χ4n) is 4.03. The SMILES string of the molecule is OC1CC(OCc2ccccc2)CC(COCc2ccccc2)O1.OCc1ccccc1.OCc1ccccc1. The first-order valence-electron chi connectivity index (χ1n) is 13.6. The molecule has 6 nitrogen and oxygen atoms in total. The summed E-state index contributed by atoms with van der Waals surface area (Å²) < 4.78 is 17.2. The van der Waals surface area contributed by atoms with E-state index in [9.17, 15) is 5.11 Å². The van der Waals surface area contributed by atoms with E-state index in [0.717, 1.165) is 28.7 Å². The van der Waals surface area contributed by atoms with Crippen LogP contribution in [0.2, 0.25) is 0 Å². The average molecular weight is 545 g/mol. The van der Waals surface area contributed by atoms with Crippen LogP contribution in [-0.4, -0.2) is 40.4 Å². The molecule has 1 aliphatic rings. The van der Waals surface area contributed by atoms with Crippen LogP contribution in [0.3, 0.4) is 0 Å². The van der Waals surface area contributed by atoms with Gasteiger partial charge in [-0.05, 0) is 22.3 Å². The lowest BCUT2D eigenvalue weighted by Gasteiger charge is -2.32. The molecule has 4 aromatic carbocycles. The third-order valence-electron chi connectivity index (χ3n) is 6.13. The second-order valence-electron chi connectivity index (χ2n) is 9.39. The van der Waals surface area contributed by atoms with E-state index in [1.165, 1.54) is 0 Å². The maximum Gasteiger partial charge on any atom is 0.157 e. The zero-order valence-corrected chi connectivity index (χ0v) is 22.8. The highest BCUT2D eigenvalue weighted by Crippen LogP contribution is 2.22. The standard InChI is InChI=1S/C20H24O4.2C7H8O/c21-20-12-18(23-14-17-9-5-2-6-10-17)11-19(24-20)15-22-13-16-7-3-1-4-8-16;2*8-6-7-4-2-1-3-5-7/h1-10,18-21H,11-15H2;2*1-5,8H,6H2. The Hall–Kier alpha value is -3.36. The second kappa shape index (κ2) is 18.8. The van der Waals surface area contributed by atoms with E-state index in [0.29, 0.717) is 26.2 Å². The van der Waals surface area contributed by atoms with Gasteiger partial charge in [-0.1, -0.05) is 121 Å². The lowest BCUT2D eigenvalue weighted by Crippen LogP contribution is -2.39. The van der Waals surface area contributed by atoms with E-state index >= 15 is 0 Å². The minimum Gasteiger partial charge on any atom is -0.392 e. The monoisotopic (exact) mass is 544 g/mol. The van der Waals surface area contributed by atoms with Crippen LogP contribution in [0.4, 0.5) is 0 Å². The first-order chi connectivity index (χ1) is 19.7. The first-order valence-corrected chi connectivity index (χ1v) is 13.6. The Morgan fingerprint density at radius 2 is 1.00 bits per heavy atom. The van der Waals surface area contributed by atoms with Gasteiger partial charge in [0.2, 0.25) is 0 Å². The molecule has 1 fully saturated rings. The van der Waals surface area contributed by atoms with E-state index in [4.69, 9.17) is 24.4 Å². The summed E-state index contributed by atoms with van der Waals surface area (Å²) in [6.07, 6.45) is 0.295. The van der Waals surface area contributed by atoms with Crippen molar-refractivity contribution >= 4 is 0 Å². The lowest BCUT2D eigenvalue weighted by molar-refractivity contribution is -0.211. The fraction of sp³-hybridized carbons (Fsp3) is 0.294. The highest BCUT2D eigenvalue weighted by atomic mass is 16.6. The molecule has 0 aliphatic carbocycles. The van der Waals surface area contributed by atoms with Gasteiger partial charge in [-0.25, -0.2) is 0 Å². The fourth-order valence-corrected chi connectivity index (χ4v) is 4.03. The van der Waals surface area contributed by atoms with Crippen molar-refractivity contribution in [3.63, 3.8) is 0 Å². The zero-order valence-electron chi connectivity index (χ0n) is 22.8. The van der Waals surface area contributed by atoms with Gasteiger partial charge < -0.3 is 29.5 Å². The molecule has 40 heavy (non-hydrogen) atoms. The van der Waals surface area contributed by atoms with Crippen LogP contribution in [0, 0.1) is 0 Å². The Kier molecular flexibility index (Phi) is 14.7. The number of aliphatic hydroxyl groups excluding tert-OH is 3. The van der Waals surface area contributed by atoms with Gasteiger partial charge in [0.05, 0.1) is 45.2 Å². The molecule has 0 aromatic heterocycles. The van der Waals surface area contributed by atoms with Gasteiger partial charge in [0.25, 0.3) is 0 Å². The molecule has 0 amide bonds. The molecule has 0 saturated carbocycles. The predicted octanol–water partition coefficient (Wildman–Crippen LogP) is 5.64. The van der Waals surface area contributed by atoms with E-state index in [2.05, 4.69) is 0 Å².